The molecular formula is C24H19FN2O5S. The maximum atomic E-state index is 13.6. The van der Waals surface area contributed by atoms with Gasteiger partial charge in [-0.05, 0) is 31.5 Å². The number of aliphatic hydroxyl groups excluding tert-OH is 1. The Morgan fingerprint density at radius 2 is 1.82 bits per heavy atom. The maximum absolute atomic E-state index is 13.6. The number of amides is 1. The largest absolute Gasteiger partial charge is 0.507 e. The number of aliphatic hydroxyl groups is 1. The molecule has 1 aromatic heterocycles. The second-order valence-electron chi connectivity index (χ2n) is 7.22. The molecule has 9 heteroatoms. The monoisotopic (exact) mass is 466 g/mol. The minimum Gasteiger partial charge on any atom is -0.507 e. The normalized spacial score (nSPS) is 17.4. The number of nitrogens with zero attached hydrogens (tertiary/aromatic N) is 2. The number of aryl methyl sites for hydroxylation is 1. The highest BCUT2D eigenvalue weighted by Crippen LogP contribution is 2.43. The van der Waals surface area contributed by atoms with Crippen molar-refractivity contribution in [1.82, 2.24) is 4.98 Å². The van der Waals surface area contributed by atoms with Crippen LogP contribution in [0.2, 0.25) is 0 Å². The van der Waals surface area contributed by atoms with Gasteiger partial charge in [0.15, 0.2) is 5.13 Å². The summed E-state index contributed by atoms with van der Waals surface area (Å²) >= 11 is 0.911. The van der Waals surface area contributed by atoms with Gasteiger partial charge in [-0.1, -0.05) is 53.8 Å². The van der Waals surface area contributed by atoms with Gasteiger partial charge in [-0.3, -0.25) is 14.5 Å². The predicted octanol–water partition coefficient (Wildman–Crippen LogP) is 4.39. The molecule has 1 fully saturated rings. The first-order valence-corrected chi connectivity index (χ1v) is 10.9. The molecule has 0 aliphatic carbocycles. The number of carbonyl (C=O) groups is 3. The van der Waals surface area contributed by atoms with Crippen molar-refractivity contribution in [1.29, 1.82) is 0 Å². The highest BCUT2D eigenvalue weighted by Gasteiger charge is 2.48. The zero-order chi connectivity index (χ0) is 23.7. The quantitative estimate of drug-likeness (QED) is 0.259. The molecule has 1 N–H and O–H groups in total. The number of Topliss-reactive ketones (excluding diaryl/α,β-unsaturated/α-hetero) is 1. The fraction of sp³-hybridized carbons (Fsp3) is 0.167. The van der Waals surface area contributed by atoms with E-state index < -0.39 is 29.5 Å². The van der Waals surface area contributed by atoms with E-state index in [0.717, 1.165) is 16.2 Å². The number of hydrogen-bond acceptors (Lipinski definition) is 7. The number of benzene rings is 2. The lowest BCUT2D eigenvalue weighted by Crippen LogP contribution is -2.29. The second-order valence-corrected chi connectivity index (χ2v) is 8.20. The van der Waals surface area contributed by atoms with E-state index in [1.54, 1.807) is 44.2 Å². The SMILES string of the molecule is CCOC(=O)c1sc(N2C(=O)C(=O)/C(=C(\O)c3ccccc3)C2c2ccc(F)cc2)nc1C. The number of ketones is 1. The lowest BCUT2D eigenvalue weighted by molar-refractivity contribution is -0.132. The Labute approximate surface area is 192 Å². The highest BCUT2D eigenvalue weighted by atomic mass is 32.1. The zero-order valence-corrected chi connectivity index (χ0v) is 18.6. The molecule has 0 radical (unpaired) electrons. The van der Waals surface area contributed by atoms with Crippen LogP contribution in [0.1, 0.15) is 39.5 Å². The third-order valence-corrected chi connectivity index (χ3v) is 6.27. The standard InChI is InChI=1S/C24H19FN2O5S/c1-3-32-23(31)21-13(2)26-24(33-21)27-18(14-9-11-16(25)12-10-14)17(20(29)22(27)30)19(28)15-7-5-4-6-8-15/h4-12,18,28H,3H2,1-2H3/b19-17-. The number of thiazole rings is 1. The topological polar surface area (TPSA) is 96.8 Å². The van der Waals surface area contributed by atoms with Crippen molar-refractivity contribution in [2.24, 2.45) is 0 Å². The van der Waals surface area contributed by atoms with E-state index in [1.807, 2.05) is 0 Å². The Balaban J connectivity index is 1.90. The number of ether oxygens (including phenoxy) is 1. The average Bonchev–Trinajstić information content (AvgIpc) is 3.32. The summed E-state index contributed by atoms with van der Waals surface area (Å²) in [6.07, 6.45) is 0. The number of rotatable bonds is 5. The van der Waals surface area contributed by atoms with Crippen LogP contribution in [0.3, 0.4) is 0 Å². The van der Waals surface area contributed by atoms with Crippen LogP contribution in [0.15, 0.2) is 60.2 Å². The van der Waals surface area contributed by atoms with Gasteiger partial charge >= 0.3 is 11.9 Å². The van der Waals surface area contributed by atoms with Crippen LogP contribution in [0.4, 0.5) is 9.52 Å². The first-order valence-electron chi connectivity index (χ1n) is 10.1. The molecule has 2 aromatic carbocycles. The molecule has 0 spiro atoms. The van der Waals surface area contributed by atoms with Crippen molar-refractivity contribution < 1.29 is 28.6 Å². The minimum absolute atomic E-state index is 0.0964. The summed E-state index contributed by atoms with van der Waals surface area (Å²) < 4.78 is 18.7. The first kappa shape index (κ1) is 22.3. The summed E-state index contributed by atoms with van der Waals surface area (Å²) in [6, 6.07) is 12.6. The fourth-order valence-corrected chi connectivity index (χ4v) is 4.60. The summed E-state index contributed by atoms with van der Waals surface area (Å²) in [7, 11) is 0. The van der Waals surface area contributed by atoms with E-state index in [1.165, 1.54) is 24.3 Å². The molecule has 168 valence electrons. The van der Waals surface area contributed by atoms with Crippen molar-refractivity contribution in [2.45, 2.75) is 19.9 Å². The van der Waals surface area contributed by atoms with Crippen LogP contribution in [-0.4, -0.2) is 34.4 Å². The smallest absolute Gasteiger partial charge is 0.350 e. The van der Waals surface area contributed by atoms with Gasteiger partial charge < -0.3 is 9.84 Å². The molecule has 33 heavy (non-hydrogen) atoms. The molecule has 0 saturated carbocycles. The van der Waals surface area contributed by atoms with Crippen LogP contribution in [0.5, 0.6) is 0 Å². The molecule has 1 unspecified atom stereocenters. The summed E-state index contributed by atoms with van der Waals surface area (Å²) in [5.74, 6) is -3.25. The van der Waals surface area contributed by atoms with Crippen molar-refractivity contribution in [2.75, 3.05) is 11.5 Å². The first-order chi connectivity index (χ1) is 15.8. The molecule has 2 heterocycles. The van der Waals surface area contributed by atoms with Gasteiger partial charge in [-0.15, -0.1) is 0 Å². The maximum Gasteiger partial charge on any atom is 0.350 e. The number of halogens is 1. The van der Waals surface area contributed by atoms with Gasteiger partial charge in [0.1, 0.15) is 16.5 Å². The van der Waals surface area contributed by atoms with E-state index in [0.29, 0.717) is 16.8 Å². The molecule has 1 aliphatic rings. The number of carbonyl (C=O) groups excluding carboxylic acids is 3. The minimum atomic E-state index is -1.06. The van der Waals surface area contributed by atoms with E-state index in [9.17, 15) is 23.9 Å². The lowest BCUT2D eigenvalue weighted by atomic mass is 9.95. The Kier molecular flexibility index (Phi) is 6.06. The van der Waals surface area contributed by atoms with Crippen molar-refractivity contribution >= 4 is 39.9 Å². The molecule has 4 rings (SSSR count). The zero-order valence-electron chi connectivity index (χ0n) is 17.7. The third kappa shape index (κ3) is 4.03. The number of anilines is 1. The summed E-state index contributed by atoms with van der Waals surface area (Å²) in [6.45, 7) is 3.44. The highest BCUT2D eigenvalue weighted by molar-refractivity contribution is 7.17. The Bertz CT molecular complexity index is 1270. The number of esters is 1. The van der Waals surface area contributed by atoms with Crippen LogP contribution in [0.25, 0.3) is 5.76 Å². The van der Waals surface area contributed by atoms with Crippen molar-refractivity contribution in [3.63, 3.8) is 0 Å². The fourth-order valence-electron chi connectivity index (χ4n) is 3.61. The van der Waals surface area contributed by atoms with Gasteiger partial charge in [0.05, 0.1) is 23.9 Å². The van der Waals surface area contributed by atoms with Gasteiger partial charge in [-0.25, -0.2) is 14.2 Å². The molecule has 1 atom stereocenters. The lowest BCUT2D eigenvalue weighted by Gasteiger charge is -2.23. The van der Waals surface area contributed by atoms with Gasteiger partial charge in [0.2, 0.25) is 0 Å². The molecule has 3 aromatic rings. The summed E-state index contributed by atoms with van der Waals surface area (Å²) in [5, 5.41) is 11.1. The second kappa shape index (κ2) is 8.95. The number of aromatic nitrogens is 1. The number of hydrogen-bond donors (Lipinski definition) is 1. The molecule has 0 bridgehead atoms. The van der Waals surface area contributed by atoms with E-state index in [2.05, 4.69) is 4.98 Å². The van der Waals surface area contributed by atoms with Crippen LogP contribution in [0, 0.1) is 12.7 Å². The molecule has 1 aliphatic heterocycles. The van der Waals surface area contributed by atoms with Crippen molar-refractivity contribution in [3.8, 4) is 0 Å². The van der Waals surface area contributed by atoms with Crippen LogP contribution >= 0.6 is 11.3 Å². The molecule has 7 nitrogen and oxygen atoms in total. The Hall–Kier alpha value is -3.85. The Morgan fingerprint density at radius 1 is 1.15 bits per heavy atom. The van der Waals surface area contributed by atoms with E-state index in [-0.39, 0.29) is 27.9 Å². The predicted molar refractivity (Wildman–Crippen MR) is 120 cm³/mol. The van der Waals surface area contributed by atoms with E-state index >= 15 is 0 Å². The molecular weight excluding hydrogens is 447 g/mol. The van der Waals surface area contributed by atoms with E-state index in [4.69, 9.17) is 4.74 Å². The summed E-state index contributed by atoms with van der Waals surface area (Å²) in [5.41, 5.74) is 0.948. The third-order valence-electron chi connectivity index (χ3n) is 5.13. The van der Waals surface area contributed by atoms with Gasteiger partial charge in [0, 0.05) is 5.56 Å². The Morgan fingerprint density at radius 3 is 2.45 bits per heavy atom. The van der Waals surface area contributed by atoms with Crippen LogP contribution < -0.4 is 4.90 Å². The summed E-state index contributed by atoms with van der Waals surface area (Å²) in [4.78, 5) is 44.1. The van der Waals surface area contributed by atoms with Crippen LogP contribution in [-0.2, 0) is 14.3 Å². The molecule has 1 amide bonds. The van der Waals surface area contributed by atoms with Gasteiger partial charge in [0.25, 0.3) is 5.78 Å². The molecule has 1 saturated heterocycles. The van der Waals surface area contributed by atoms with Gasteiger partial charge in [-0.2, -0.15) is 0 Å². The van der Waals surface area contributed by atoms with Crippen molar-refractivity contribution in [3.05, 3.63) is 87.7 Å². The average molecular weight is 466 g/mol.